The number of benzene rings is 1. The molecule has 0 aliphatic carbocycles. The van der Waals surface area contributed by atoms with E-state index in [2.05, 4.69) is 4.98 Å². The van der Waals surface area contributed by atoms with Crippen LogP contribution in [0.5, 0.6) is 0 Å². The Hall–Kier alpha value is -2.20. The molecule has 0 aliphatic rings. The van der Waals surface area contributed by atoms with Crippen LogP contribution in [0.1, 0.15) is 5.82 Å². The van der Waals surface area contributed by atoms with E-state index in [1.807, 2.05) is 35.0 Å². The molecule has 0 atom stereocenters. The van der Waals surface area contributed by atoms with Crippen LogP contribution >= 0.6 is 0 Å². The lowest BCUT2D eigenvalue weighted by Crippen LogP contribution is -2.06. The Balaban J connectivity index is 2.07. The van der Waals surface area contributed by atoms with Crippen LogP contribution in [0.15, 0.2) is 48.8 Å². The smallest absolute Gasteiger partial charge is 0.123 e. The van der Waals surface area contributed by atoms with Gasteiger partial charge in [0, 0.05) is 12.6 Å². The SMILES string of the molecule is NCCc1ncc2cc(-c3cccc(F)c3)ccn12. The third kappa shape index (κ3) is 2.22. The minimum atomic E-state index is -0.227. The lowest BCUT2D eigenvalue weighted by atomic mass is 10.1. The number of nitrogens with two attached hydrogens (primary N) is 1. The van der Waals surface area contributed by atoms with Gasteiger partial charge in [0.25, 0.3) is 0 Å². The number of pyridine rings is 1. The zero-order valence-corrected chi connectivity index (χ0v) is 10.4. The number of rotatable bonds is 3. The van der Waals surface area contributed by atoms with Crippen molar-refractivity contribution >= 4 is 5.52 Å². The molecule has 0 spiro atoms. The molecule has 2 heterocycles. The number of nitrogens with zero attached hydrogens (tertiary/aromatic N) is 2. The molecule has 0 amide bonds. The second kappa shape index (κ2) is 4.82. The first kappa shape index (κ1) is 11.9. The number of hydrogen-bond donors (Lipinski definition) is 1. The molecule has 3 nitrogen and oxygen atoms in total. The van der Waals surface area contributed by atoms with E-state index in [4.69, 9.17) is 5.73 Å². The fourth-order valence-electron chi connectivity index (χ4n) is 2.22. The maximum Gasteiger partial charge on any atom is 0.123 e. The highest BCUT2D eigenvalue weighted by Gasteiger charge is 2.05. The Kier molecular flexibility index (Phi) is 3.01. The summed E-state index contributed by atoms with van der Waals surface area (Å²) in [5.41, 5.74) is 8.39. The summed E-state index contributed by atoms with van der Waals surface area (Å²) in [6, 6.07) is 10.5. The van der Waals surface area contributed by atoms with Gasteiger partial charge in [0.05, 0.1) is 11.7 Å². The van der Waals surface area contributed by atoms with Crippen molar-refractivity contribution in [2.75, 3.05) is 6.54 Å². The van der Waals surface area contributed by atoms with Gasteiger partial charge in [-0.25, -0.2) is 9.37 Å². The van der Waals surface area contributed by atoms with E-state index in [0.717, 1.165) is 28.9 Å². The van der Waals surface area contributed by atoms with Gasteiger partial charge >= 0.3 is 0 Å². The highest BCUT2D eigenvalue weighted by atomic mass is 19.1. The van der Waals surface area contributed by atoms with E-state index < -0.39 is 0 Å². The highest BCUT2D eigenvalue weighted by Crippen LogP contribution is 2.22. The van der Waals surface area contributed by atoms with Gasteiger partial charge < -0.3 is 10.1 Å². The van der Waals surface area contributed by atoms with Crippen LogP contribution in [0.2, 0.25) is 0 Å². The maximum absolute atomic E-state index is 13.2. The van der Waals surface area contributed by atoms with E-state index in [9.17, 15) is 4.39 Å². The predicted molar refractivity (Wildman–Crippen MR) is 73.3 cm³/mol. The molecule has 0 saturated carbocycles. The van der Waals surface area contributed by atoms with Gasteiger partial charge in [-0.15, -0.1) is 0 Å². The normalized spacial score (nSPS) is 11.1. The summed E-state index contributed by atoms with van der Waals surface area (Å²) >= 11 is 0. The van der Waals surface area contributed by atoms with E-state index in [1.165, 1.54) is 12.1 Å². The molecule has 2 N–H and O–H groups in total. The standard InChI is InChI=1S/C15H14FN3/c16-13-3-1-2-11(8-13)12-5-7-19-14(9-12)10-18-15(19)4-6-17/h1-3,5,7-10H,4,6,17H2. The molecule has 0 bridgehead atoms. The molecule has 0 radical (unpaired) electrons. The molecule has 0 saturated heterocycles. The molecule has 1 aromatic carbocycles. The Labute approximate surface area is 110 Å². The number of fused-ring (bicyclic) bond motifs is 1. The molecule has 3 aromatic rings. The largest absolute Gasteiger partial charge is 0.330 e. The molecule has 2 aromatic heterocycles. The van der Waals surface area contributed by atoms with Gasteiger partial charge in [-0.05, 0) is 41.9 Å². The molecule has 4 heteroatoms. The maximum atomic E-state index is 13.2. The van der Waals surface area contributed by atoms with Crippen LogP contribution in [0.25, 0.3) is 16.6 Å². The molecule has 0 unspecified atom stereocenters. The second-order valence-electron chi connectivity index (χ2n) is 4.43. The van der Waals surface area contributed by atoms with Crippen LogP contribution in [0.3, 0.4) is 0 Å². The fraction of sp³-hybridized carbons (Fsp3) is 0.133. The van der Waals surface area contributed by atoms with Gasteiger partial charge in [-0.1, -0.05) is 12.1 Å². The Morgan fingerprint density at radius 3 is 2.79 bits per heavy atom. The third-order valence-corrected chi connectivity index (χ3v) is 3.13. The molecule has 96 valence electrons. The summed E-state index contributed by atoms with van der Waals surface area (Å²) in [6.07, 6.45) is 4.51. The Morgan fingerprint density at radius 1 is 1.16 bits per heavy atom. The number of halogens is 1. The van der Waals surface area contributed by atoms with E-state index in [-0.39, 0.29) is 5.82 Å². The molecular formula is C15H14FN3. The molecule has 19 heavy (non-hydrogen) atoms. The first-order valence-electron chi connectivity index (χ1n) is 6.20. The van der Waals surface area contributed by atoms with Crippen molar-refractivity contribution in [1.29, 1.82) is 0 Å². The lowest BCUT2D eigenvalue weighted by Gasteiger charge is -2.04. The van der Waals surface area contributed by atoms with Crippen LogP contribution in [0.4, 0.5) is 4.39 Å². The molecular weight excluding hydrogens is 241 g/mol. The monoisotopic (exact) mass is 255 g/mol. The third-order valence-electron chi connectivity index (χ3n) is 3.13. The van der Waals surface area contributed by atoms with E-state index >= 15 is 0 Å². The minimum absolute atomic E-state index is 0.227. The van der Waals surface area contributed by atoms with Crippen molar-refractivity contribution in [3.8, 4) is 11.1 Å². The fourth-order valence-corrected chi connectivity index (χ4v) is 2.22. The first-order chi connectivity index (χ1) is 9.28. The highest BCUT2D eigenvalue weighted by molar-refractivity contribution is 5.68. The summed E-state index contributed by atoms with van der Waals surface area (Å²) in [7, 11) is 0. The van der Waals surface area contributed by atoms with Crippen LogP contribution in [0, 0.1) is 5.82 Å². The van der Waals surface area contributed by atoms with Gasteiger partial charge in [0.15, 0.2) is 0 Å². The zero-order chi connectivity index (χ0) is 13.2. The number of aromatic nitrogens is 2. The van der Waals surface area contributed by atoms with Crippen LogP contribution in [-0.4, -0.2) is 15.9 Å². The Bertz CT molecular complexity index is 718. The van der Waals surface area contributed by atoms with Crippen molar-refractivity contribution in [3.63, 3.8) is 0 Å². The van der Waals surface area contributed by atoms with Gasteiger partial charge in [0.2, 0.25) is 0 Å². The predicted octanol–water partition coefficient (Wildman–Crippen LogP) is 2.64. The minimum Gasteiger partial charge on any atom is -0.330 e. The van der Waals surface area contributed by atoms with Crippen LogP contribution in [-0.2, 0) is 6.42 Å². The summed E-state index contributed by atoms with van der Waals surface area (Å²) in [6.45, 7) is 0.574. The average molecular weight is 255 g/mol. The van der Waals surface area contributed by atoms with Gasteiger partial charge in [-0.2, -0.15) is 0 Å². The topological polar surface area (TPSA) is 43.3 Å². The van der Waals surface area contributed by atoms with Crippen molar-refractivity contribution in [2.24, 2.45) is 5.73 Å². The first-order valence-corrected chi connectivity index (χ1v) is 6.20. The number of hydrogen-bond acceptors (Lipinski definition) is 2. The Morgan fingerprint density at radius 2 is 2.00 bits per heavy atom. The van der Waals surface area contributed by atoms with Gasteiger partial charge in [-0.3, -0.25) is 0 Å². The van der Waals surface area contributed by atoms with Crippen LogP contribution < -0.4 is 5.73 Å². The van der Waals surface area contributed by atoms with Crippen molar-refractivity contribution in [2.45, 2.75) is 6.42 Å². The molecule has 3 rings (SSSR count). The number of imidazole rings is 1. The molecule has 0 aliphatic heterocycles. The summed E-state index contributed by atoms with van der Waals surface area (Å²) in [5, 5.41) is 0. The van der Waals surface area contributed by atoms with E-state index in [1.54, 1.807) is 6.07 Å². The summed E-state index contributed by atoms with van der Waals surface area (Å²) in [4.78, 5) is 4.35. The summed E-state index contributed by atoms with van der Waals surface area (Å²) in [5.74, 6) is 0.720. The van der Waals surface area contributed by atoms with E-state index in [0.29, 0.717) is 6.54 Å². The van der Waals surface area contributed by atoms with Crippen molar-refractivity contribution in [1.82, 2.24) is 9.38 Å². The quantitative estimate of drug-likeness (QED) is 0.781. The van der Waals surface area contributed by atoms with Crippen molar-refractivity contribution in [3.05, 3.63) is 60.4 Å². The van der Waals surface area contributed by atoms with Gasteiger partial charge in [0.1, 0.15) is 11.6 Å². The second-order valence-corrected chi connectivity index (χ2v) is 4.43. The average Bonchev–Trinajstić information content (AvgIpc) is 2.82. The summed E-state index contributed by atoms with van der Waals surface area (Å²) < 4.78 is 15.2. The zero-order valence-electron chi connectivity index (χ0n) is 10.4. The van der Waals surface area contributed by atoms with Crippen molar-refractivity contribution < 1.29 is 4.39 Å². The molecule has 0 fully saturated rings. The lowest BCUT2D eigenvalue weighted by molar-refractivity contribution is 0.628.